The summed E-state index contributed by atoms with van der Waals surface area (Å²) in [6, 6.07) is 11.6. The van der Waals surface area contributed by atoms with Gasteiger partial charge in [0.15, 0.2) is 0 Å². The topological polar surface area (TPSA) is 37.3 Å². The van der Waals surface area contributed by atoms with Crippen molar-refractivity contribution in [2.24, 2.45) is 0 Å². The largest absolute Gasteiger partial charge is 0.478 e. The van der Waals surface area contributed by atoms with Gasteiger partial charge >= 0.3 is 5.97 Å². The van der Waals surface area contributed by atoms with Gasteiger partial charge in [0.25, 0.3) is 0 Å². The van der Waals surface area contributed by atoms with Crippen LogP contribution in [0.25, 0.3) is 17.1 Å². The molecule has 3 rings (SSSR count). The molecule has 0 saturated heterocycles. The van der Waals surface area contributed by atoms with Gasteiger partial charge in [0.2, 0.25) is 0 Å². The molecule has 0 spiro atoms. The molecule has 152 valence electrons. The van der Waals surface area contributed by atoms with Gasteiger partial charge in [-0.15, -0.1) is 12.6 Å². The molecule has 3 heteroatoms. The van der Waals surface area contributed by atoms with Gasteiger partial charge in [-0.25, -0.2) is 4.79 Å². The number of fused-ring (bicyclic) bond motifs is 1. The number of carbonyl (C=O) groups is 1. The molecule has 29 heavy (non-hydrogen) atoms. The molecule has 0 radical (unpaired) electrons. The molecule has 0 heterocycles. The predicted octanol–water partition coefficient (Wildman–Crippen LogP) is 7.19. The molecule has 0 aliphatic heterocycles. The molecular formula is C26H30O2S. The summed E-state index contributed by atoms with van der Waals surface area (Å²) in [6.07, 6.45) is 8.53. The van der Waals surface area contributed by atoms with Crippen LogP contribution in [0.3, 0.4) is 0 Å². The lowest BCUT2D eigenvalue weighted by Crippen LogP contribution is -2.34. The third-order valence-corrected chi connectivity index (χ3v) is 6.68. The number of hydrogen-bond acceptors (Lipinski definition) is 2. The smallest absolute Gasteiger partial charge is 0.335 e. The van der Waals surface area contributed by atoms with Crippen molar-refractivity contribution in [3.8, 4) is 0 Å². The van der Waals surface area contributed by atoms with Crippen molar-refractivity contribution < 1.29 is 9.90 Å². The number of carboxylic acid groups (broad SMARTS) is 1. The lowest BCUT2D eigenvalue weighted by atomic mass is 9.62. The highest BCUT2D eigenvalue weighted by Gasteiger charge is 2.37. The zero-order chi connectivity index (χ0) is 21.4. The van der Waals surface area contributed by atoms with Crippen LogP contribution in [0, 0.1) is 0 Å². The van der Waals surface area contributed by atoms with E-state index in [1.165, 1.54) is 24.0 Å². The Bertz CT molecular complexity index is 992. The van der Waals surface area contributed by atoms with Crippen molar-refractivity contribution in [3.63, 3.8) is 0 Å². The van der Waals surface area contributed by atoms with E-state index in [1.54, 1.807) is 12.1 Å². The molecule has 2 aromatic rings. The van der Waals surface area contributed by atoms with E-state index in [-0.39, 0.29) is 10.8 Å². The lowest BCUT2D eigenvalue weighted by molar-refractivity contribution is 0.0697. The highest BCUT2D eigenvalue weighted by Crippen LogP contribution is 2.47. The Balaban J connectivity index is 2.11. The van der Waals surface area contributed by atoms with Crippen LogP contribution < -0.4 is 0 Å². The summed E-state index contributed by atoms with van der Waals surface area (Å²) in [7, 11) is 0. The SMILES string of the molecule is CC=C(S)c1cc2c(cc1C=Cc1ccc(C(=O)O)cc1)C(C)(C)CCC2(C)C. The Morgan fingerprint density at radius 1 is 0.966 bits per heavy atom. The van der Waals surface area contributed by atoms with Crippen molar-refractivity contribution in [1.82, 2.24) is 0 Å². The van der Waals surface area contributed by atoms with Crippen LogP contribution in [0.4, 0.5) is 0 Å². The van der Waals surface area contributed by atoms with Gasteiger partial charge in [-0.1, -0.05) is 64.1 Å². The molecule has 0 saturated carbocycles. The van der Waals surface area contributed by atoms with Gasteiger partial charge in [0, 0.05) is 4.91 Å². The molecule has 0 aromatic heterocycles. The van der Waals surface area contributed by atoms with Crippen LogP contribution in [-0.2, 0) is 10.8 Å². The van der Waals surface area contributed by atoms with Crippen molar-refractivity contribution in [3.05, 3.63) is 75.9 Å². The van der Waals surface area contributed by atoms with E-state index < -0.39 is 5.97 Å². The third kappa shape index (κ3) is 4.35. The van der Waals surface area contributed by atoms with Crippen LogP contribution in [0.1, 0.15) is 85.6 Å². The first-order valence-electron chi connectivity index (χ1n) is 10.1. The van der Waals surface area contributed by atoms with E-state index in [2.05, 4.69) is 45.9 Å². The lowest BCUT2D eigenvalue weighted by Gasteiger charge is -2.42. The molecule has 0 fully saturated rings. The monoisotopic (exact) mass is 406 g/mol. The first kappa shape index (κ1) is 21.4. The fourth-order valence-corrected chi connectivity index (χ4v) is 4.26. The van der Waals surface area contributed by atoms with E-state index in [0.29, 0.717) is 5.56 Å². The maximum Gasteiger partial charge on any atom is 0.335 e. The highest BCUT2D eigenvalue weighted by molar-refractivity contribution is 7.90. The van der Waals surface area contributed by atoms with Crippen LogP contribution in [-0.4, -0.2) is 11.1 Å². The van der Waals surface area contributed by atoms with Crippen molar-refractivity contribution >= 4 is 35.7 Å². The summed E-state index contributed by atoms with van der Waals surface area (Å²) in [5.74, 6) is -0.907. The summed E-state index contributed by atoms with van der Waals surface area (Å²) < 4.78 is 0. The molecule has 2 aromatic carbocycles. The molecular weight excluding hydrogens is 376 g/mol. The zero-order valence-corrected chi connectivity index (χ0v) is 18.8. The van der Waals surface area contributed by atoms with E-state index in [4.69, 9.17) is 17.7 Å². The average Bonchev–Trinajstić information content (AvgIpc) is 2.69. The molecule has 2 nitrogen and oxygen atoms in total. The number of thiol groups is 1. The molecule has 0 unspecified atom stereocenters. The summed E-state index contributed by atoms with van der Waals surface area (Å²) in [6.45, 7) is 11.3. The summed E-state index contributed by atoms with van der Waals surface area (Å²) in [5, 5.41) is 9.08. The number of benzene rings is 2. The minimum Gasteiger partial charge on any atom is -0.478 e. The molecule has 0 atom stereocenters. The number of rotatable bonds is 4. The predicted molar refractivity (Wildman–Crippen MR) is 127 cm³/mol. The van der Waals surface area contributed by atoms with Crippen LogP contribution in [0.5, 0.6) is 0 Å². The van der Waals surface area contributed by atoms with Crippen LogP contribution in [0.2, 0.25) is 0 Å². The second-order valence-corrected chi connectivity index (χ2v) is 9.67. The zero-order valence-electron chi connectivity index (χ0n) is 17.9. The quantitative estimate of drug-likeness (QED) is 0.416. The number of allylic oxidation sites excluding steroid dienone is 1. The molecule has 0 bridgehead atoms. The number of hydrogen-bond donors (Lipinski definition) is 2. The van der Waals surface area contributed by atoms with E-state index >= 15 is 0 Å². The summed E-state index contributed by atoms with van der Waals surface area (Å²) in [5.41, 5.74) is 6.67. The van der Waals surface area contributed by atoms with Gasteiger partial charge in [0.05, 0.1) is 5.56 Å². The van der Waals surface area contributed by atoms with Gasteiger partial charge in [0.1, 0.15) is 0 Å². The maximum atomic E-state index is 11.1. The van der Waals surface area contributed by atoms with Crippen LogP contribution in [0.15, 0.2) is 42.5 Å². The Morgan fingerprint density at radius 3 is 2.03 bits per heavy atom. The van der Waals surface area contributed by atoms with Crippen LogP contribution >= 0.6 is 12.6 Å². The minimum absolute atomic E-state index is 0.141. The Labute approximate surface area is 179 Å². The van der Waals surface area contributed by atoms with E-state index in [9.17, 15) is 4.79 Å². The van der Waals surface area contributed by atoms with Gasteiger partial charge in [-0.3, -0.25) is 0 Å². The molecule has 1 N–H and O–H groups in total. The Hall–Kier alpha value is -2.26. The van der Waals surface area contributed by atoms with Crippen molar-refractivity contribution in [2.45, 2.75) is 58.3 Å². The van der Waals surface area contributed by atoms with Gasteiger partial charge < -0.3 is 5.11 Å². The normalized spacial score (nSPS) is 17.9. The second-order valence-electron chi connectivity index (χ2n) is 9.19. The minimum atomic E-state index is -0.907. The molecule has 1 aliphatic rings. The molecule has 1 aliphatic carbocycles. The Morgan fingerprint density at radius 2 is 1.52 bits per heavy atom. The summed E-state index contributed by atoms with van der Waals surface area (Å²) in [4.78, 5) is 12.0. The van der Waals surface area contributed by atoms with Crippen molar-refractivity contribution in [1.29, 1.82) is 0 Å². The summed E-state index contributed by atoms with van der Waals surface area (Å²) >= 11 is 4.74. The Kier molecular flexibility index (Phi) is 5.82. The van der Waals surface area contributed by atoms with Gasteiger partial charge in [-0.2, -0.15) is 0 Å². The maximum absolute atomic E-state index is 11.1. The number of carboxylic acids is 1. The standard InChI is InChI=1S/C26H30O2S/c1-6-23(29)20-16-22-21(25(2,3)13-14-26(22,4)5)15-19(20)12-9-17-7-10-18(11-8-17)24(27)28/h6-12,15-16,29H,13-14H2,1-5H3,(H,27,28). The highest BCUT2D eigenvalue weighted by atomic mass is 32.1. The van der Waals surface area contributed by atoms with Crippen molar-refractivity contribution in [2.75, 3.05) is 0 Å². The first-order valence-corrected chi connectivity index (χ1v) is 10.6. The fraction of sp³-hybridized carbons (Fsp3) is 0.346. The van der Waals surface area contributed by atoms with Gasteiger partial charge in [-0.05, 0) is 76.6 Å². The number of aromatic carboxylic acids is 1. The van der Waals surface area contributed by atoms with E-state index in [0.717, 1.165) is 21.6 Å². The average molecular weight is 407 g/mol. The second kappa shape index (κ2) is 7.87. The third-order valence-electron chi connectivity index (χ3n) is 6.19. The fourth-order valence-electron chi connectivity index (χ4n) is 4.07. The molecule has 0 amide bonds. The van der Waals surface area contributed by atoms with E-state index in [1.807, 2.05) is 31.2 Å². The first-order chi connectivity index (χ1) is 13.5.